The highest BCUT2D eigenvalue weighted by Gasteiger charge is 2.13. The van der Waals surface area contributed by atoms with Gasteiger partial charge in [-0.3, -0.25) is 4.98 Å². The molecule has 0 aliphatic heterocycles. The fraction of sp³-hybridized carbons (Fsp3) is 0.0357. The van der Waals surface area contributed by atoms with Crippen molar-refractivity contribution in [3.63, 3.8) is 0 Å². The molecule has 6 rings (SSSR count). The minimum absolute atomic E-state index is 0.601. The van der Waals surface area contributed by atoms with Gasteiger partial charge in [-0.25, -0.2) is 0 Å². The third-order valence-electron chi connectivity index (χ3n) is 5.47. The van der Waals surface area contributed by atoms with Crippen molar-refractivity contribution in [2.24, 2.45) is 0 Å². The number of furan rings is 1. The zero-order valence-electron chi connectivity index (χ0n) is 18.2. The van der Waals surface area contributed by atoms with Crippen LogP contribution >= 0.6 is 0 Å². The highest BCUT2D eigenvalue weighted by molar-refractivity contribution is 6.08. The molecule has 0 amide bonds. The maximum absolute atomic E-state index is 8.93. The Labute approximate surface area is 177 Å². The van der Waals surface area contributed by atoms with Crippen LogP contribution in [0.4, 0.5) is 0 Å². The van der Waals surface area contributed by atoms with Crippen LogP contribution in [0.2, 0.25) is 0 Å². The van der Waals surface area contributed by atoms with Crippen LogP contribution in [0, 0.1) is 0 Å². The van der Waals surface area contributed by atoms with Gasteiger partial charge >= 0.3 is 0 Å². The fourth-order valence-electron chi connectivity index (χ4n) is 4.01. The summed E-state index contributed by atoms with van der Waals surface area (Å²) in [6, 6.07) is 31.2. The summed E-state index contributed by atoms with van der Waals surface area (Å²) in [4.78, 5) is 4.66. The predicted octanol–water partition coefficient (Wildman–Crippen LogP) is 7.39. The quantitative estimate of drug-likeness (QED) is 0.316. The van der Waals surface area contributed by atoms with E-state index in [1.165, 1.54) is 0 Å². The van der Waals surface area contributed by atoms with Gasteiger partial charge in [0.15, 0.2) is 0 Å². The summed E-state index contributed by atoms with van der Waals surface area (Å²) in [6.07, 6.45) is 0.233. The van der Waals surface area contributed by atoms with E-state index in [9.17, 15) is 0 Å². The Bertz CT molecular complexity index is 1600. The second-order valence-corrected chi connectivity index (χ2v) is 7.40. The van der Waals surface area contributed by atoms with E-state index in [0.29, 0.717) is 16.7 Å². The number of hydrogen-bond donors (Lipinski definition) is 0. The van der Waals surface area contributed by atoms with Crippen LogP contribution in [-0.2, 0) is 6.37 Å². The van der Waals surface area contributed by atoms with Gasteiger partial charge in [-0.05, 0) is 53.2 Å². The third-order valence-corrected chi connectivity index (χ3v) is 5.47. The summed E-state index contributed by atoms with van der Waals surface area (Å²) in [6.45, 7) is 0. The van der Waals surface area contributed by atoms with Crippen LogP contribution in [-0.4, -0.2) is 4.98 Å². The summed E-state index contributed by atoms with van der Waals surface area (Å²) in [5.74, 6) is 0. The average Bonchev–Trinajstić information content (AvgIpc) is 3.22. The van der Waals surface area contributed by atoms with Crippen molar-refractivity contribution in [1.82, 2.24) is 4.98 Å². The standard InChI is InChI=1S/C28H19NO/c1-2-7-19(8-3-1)15-22-11-6-12-27-28(22)24-16-21(13-14-26(24)30-27)25-17-20-9-4-5-10-23(20)18-29-25/h1-14,16-18H,15H2/i15D2. The Morgan fingerprint density at radius 3 is 2.47 bits per heavy atom. The average molecular weight is 387 g/mol. The Balaban J connectivity index is 1.58. The molecule has 0 radical (unpaired) electrons. The third kappa shape index (κ3) is 2.85. The lowest BCUT2D eigenvalue weighted by atomic mass is 9.98. The van der Waals surface area contributed by atoms with E-state index >= 15 is 0 Å². The molecule has 0 N–H and O–H groups in total. The second kappa shape index (κ2) is 6.85. The molecule has 0 atom stereocenters. The van der Waals surface area contributed by atoms with Crippen LogP contribution in [0.15, 0.2) is 108 Å². The zero-order chi connectivity index (χ0) is 21.7. The smallest absolute Gasteiger partial charge is 0.135 e. The van der Waals surface area contributed by atoms with Gasteiger partial charge in [-0.15, -0.1) is 0 Å². The van der Waals surface area contributed by atoms with Crippen molar-refractivity contribution in [2.45, 2.75) is 6.37 Å². The SMILES string of the molecule is [2H]C([2H])(c1ccccc1)c1cccc2oc3ccc(-c4cc5ccccc5cn4)cc3c12. The Hall–Kier alpha value is -3.91. The van der Waals surface area contributed by atoms with Crippen molar-refractivity contribution < 1.29 is 7.16 Å². The van der Waals surface area contributed by atoms with Crippen molar-refractivity contribution in [3.05, 3.63) is 114 Å². The van der Waals surface area contributed by atoms with Crippen molar-refractivity contribution in [1.29, 1.82) is 0 Å². The normalized spacial score (nSPS) is 12.9. The topological polar surface area (TPSA) is 26.0 Å². The minimum Gasteiger partial charge on any atom is -0.456 e. The first-order chi connectivity index (χ1) is 15.6. The predicted molar refractivity (Wildman–Crippen MR) is 124 cm³/mol. The van der Waals surface area contributed by atoms with Gasteiger partial charge in [0.05, 0.1) is 5.69 Å². The van der Waals surface area contributed by atoms with E-state index in [4.69, 9.17) is 7.16 Å². The van der Waals surface area contributed by atoms with Gasteiger partial charge in [0.25, 0.3) is 0 Å². The lowest BCUT2D eigenvalue weighted by Gasteiger charge is -2.05. The van der Waals surface area contributed by atoms with Crippen molar-refractivity contribution in [2.75, 3.05) is 0 Å². The van der Waals surface area contributed by atoms with Crippen LogP contribution in [0.5, 0.6) is 0 Å². The molecule has 0 unspecified atom stereocenters. The van der Waals surface area contributed by atoms with E-state index in [1.54, 1.807) is 0 Å². The van der Waals surface area contributed by atoms with Crippen LogP contribution in [0.25, 0.3) is 44.0 Å². The number of rotatable bonds is 3. The van der Waals surface area contributed by atoms with Gasteiger partial charge < -0.3 is 4.42 Å². The molecular weight excluding hydrogens is 366 g/mol. The number of nitrogens with zero attached hydrogens (tertiary/aromatic N) is 1. The first kappa shape index (κ1) is 15.0. The maximum Gasteiger partial charge on any atom is 0.135 e. The molecule has 6 aromatic rings. The molecule has 30 heavy (non-hydrogen) atoms. The van der Waals surface area contributed by atoms with Crippen LogP contribution < -0.4 is 0 Å². The van der Waals surface area contributed by atoms with Gasteiger partial charge in [0, 0.05) is 30.7 Å². The summed E-state index contributed by atoms with van der Waals surface area (Å²) >= 11 is 0. The zero-order valence-corrected chi connectivity index (χ0v) is 16.2. The lowest BCUT2D eigenvalue weighted by Crippen LogP contribution is -1.89. The highest BCUT2D eigenvalue weighted by Crippen LogP contribution is 2.35. The molecule has 2 aromatic heterocycles. The summed E-state index contributed by atoms with van der Waals surface area (Å²) < 4.78 is 23.9. The Morgan fingerprint density at radius 2 is 1.57 bits per heavy atom. The molecule has 0 fully saturated rings. The molecule has 2 heterocycles. The van der Waals surface area contributed by atoms with Crippen LogP contribution in [0.1, 0.15) is 13.9 Å². The molecule has 0 aliphatic rings. The maximum atomic E-state index is 8.93. The number of pyridine rings is 1. The van der Waals surface area contributed by atoms with Crippen molar-refractivity contribution >= 4 is 32.7 Å². The van der Waals surface area contributed by atoms with E-state index in [-0.39, 0.29) is 0 Å². The molecule has 0 spiro atoms. The van der Waals surface area contributed by atoms with Gasteiger partial charge in [-0.2, -0.15) is 0 Å². The van der Waals surface area contributed by atoms with Crippen molar-refractivity contribution in [3.8, 4) is 11.3 Å². The summed E-state index contributed by atoms with van der Waals surface area (Å²) in [5, 5.41) is 3.93. The molecular formula is C28H19NO. The molecule has 142 valence electrons. The first-order valence-electron chi connectivity index (χ1n) is 11.0. The minimum atomic E-state index is -1.66. The molecule has 2 heteroatoms. The first-order valence-corrected chi connectivity index (χ1v) is 9.98. The fourth-order valence-corrected chi connectivity index (χ4v) is 4.01. The molecule has 0 bridgehead atoms. The van der Waals surface area contributed by atoms with Gasteiger partial charge in [0.1, 0.15) is 11.2 Å². The van der Waals surface area contributed by atoms with Crippen LogP contribution in [0.3, 0.4) is 0 Å². The monoisotopic (exact) mass is 387 g/mol. The Morgan fingerprint density at radius 1 is 0.733 bits per heavy atom. The van der Waals surface area contributed by atoms with E-state index in [2.05, 4.69) is 29.2 Å². The highest BCUT2D eigenvalue weighted by atomic mass is 16.3. The van der Waals surface area contributed by atoms with E-state index < -0.39 is 6.37 Å². The number of benzene rings is 4. The molecule has 4 aromatic carbocycles. The largest absolute Gasteiger partial charge is 0.456 e. The number of aromatic nitrogens is 1. The lowest BCUT2D eigenvalue weighted by molar-refractivity contribution is 0.669. The van der Waals surface area contributed by atoms with E-state index in [1.807, 2.05) is 79.0 Å². The molecule has 0 aliphatic carbocycles. The van der Waals surface area contributed by atoms with Gasteiger partial charge in [0.2, 0.25) is 0 Å². The number of hydrogen-bond acceptors (Lipinski definition) is 2. The summed E-state index contributed by atoms with van der Waals surface area (Å²) in [5.41, 5.74) is 4.49. The summed E-state index contributed by atoms with van der Waals surface area (Å²) in [7, 11) is 0. The second-order valence-electron chi connectivity index (χ2n) is 7.40. The molecule has 2 nitrogen and oxygen atoms in total. The van der Waals surface area contributed by atoms with E-state index in [0.717, 1.165) is 38.4 Å². The molecule has 0 saturated carbocycles. The van der Waals surface area contributed by atoms with Gasteiger partial charge in [-0.1, -0.05) is 66.7 Å². The Kier molecular flexibility index (Phi) is 3.43. The number of fused-ring (bicyclic) bond motifs is 4. The molecule has 0 saturated heterocycles.